The van der Waals surface area contributed by atoms with Crippen LogP contribution >= 0.6 is 11.5 Å². The van der Waals surface area contributed by atoms with E-state index >= 15 is 0 Å². The molecular formula is C17H20N8S. The second kappa shape index (κ2) is 6.85. The topological polar surface area (TPSA) is 85.0 Å². The van der Waals surface area contributed by atoms with E-state index in [0.29, 0.717) is 0 Å². The molecule has 4 rings (SSSR count). The van der Waals surface area contributed by atoms with Crippen molar-refractivity contribution in [1.29, 1.82) is 0 Å². The van der Waals surface area contributed by atoms with Crippen LogP contribution in [0.2, 0.25) is 0 Å². The molecule has 0 aliphatic heterocycles. The summed E-state index contributed by atoms with van der Waals surface area (Å²) in [6.45, 7) is 2.83. The van der Waals surface area contributed by atoms with Crippen LogP contribution in [0.1, 0.15) is 11.4 Å². The van der Waals surface area contributed by atoms with E-state index in [1.165, 1.54) is 11.5 Å². The summed E-state index contributed by atoms with van der Waals surface area (Å²) in [5.74, 6) is 0.734. The normalized spacial score (nSPS) is 11.3. The second-order valence-corrected chi connectivity index (χ2v) is 6.94. The van der Waals surface area contributed by atoms with E-state index < -0.39 is 0 Å². The van der Waals surface area contributed by atoms with Crippen molar-refractivity contribution >= 4 is 28.0 Å². The van der Waals surface area contributed by atoms with E-state index in [2.05, 4.69) is 29.5 Å². The summed E-state index contributed by atoms with van der Waals surface area (Å²) >= 11 is 1.42. The van der Waals surface area contributed by atoms with Gasteiger partial charge < -0.3 is 10.6 Å². The van der Waals surface area contributed by atoms with Gasteiger partial charge in [0.25, 0.3) is 0 Å². The minimum Gasteiger partial charge on any atom is -0.328 e. The van der Waals surface area contributed by atoms with Crippen LogP contribution in [0.15, 0.2) is 30.9 Å². The zero-order chi connectivity index (χ0) is 18.1. The molecule has 0 saturated carbocycles. The maximum absolute atomic E-state index is 4.78. The number of likely N-dealkylation sites (N-methyl/N-ethyl adjacent to an activating group) is 1. The van der Waals surface area contributed by atoms with E-state index in [4.69, 9.17) is 4.98 Å². The largest absolute Gasteiger partial charge is 0.328 e. The molecule has 4 aromatic rings. The summed E-state index contributed by atoms with van der Waals surface area (Å²) in [5.41, 5.74) is 4.76. The Morgan fingerprint density at radius 1 is 1.23 bits per heavy atom. The Hall–Kier alpha value is -2.78. The molecular weight excluding hydrogens is 348 g/mol. The average molecular weight is 368 g/mol. The molecule has 0 unspecified atom stereocenters. The van der Waals surface area contributed by atoms with E-state index in [-0.39, 0.29) is 0 Å². The van der Waals surface area contributed by atoms with E-state index in [1.54, 1.807) is 4.68 Å². The molecule has 9 heteroatoms. The lowest BCUT2D eigenvalue weighted by Gasteiger charge is -2.09. The number of aryl methyl sites for hydroxylation is 2. The van der Waals surface area contributed by atoms with Crippen LogP contribution in [0.3, 0.4) is 0 Å². The Balaban J connectivity index is 1.82. The first-order chi connectivity index (χ1) is 12.6. The molecule has 0 spiro atoms. The number of rotatable bonds is 6. The summed E-state index contributed by atoms with van der Waals surface area (Å²) < 4.78 is 8.19. The van der Waals surface area contributed by atoms with Crippen LogP contribution in [0.4, 0.5) is 10.8 Å². The van der Waals surface area contributed by atoms with Crippen molar-refractivity contribution in [2.75, 3.05) is 18.9 Å². The van der Waals surface area contributed by atoms with Gasteiger partial charge in [-0.05, 0) is 31.6 Å². The Bertz CT molecular complexity index is 1040. The third-order valence-corrected chi connectivity index (χ3v) is 4.84. The van der Waals surface area contributed by atoms with Crippen LogP contribution in [0, 0.1) is 6.92 Å². The van der Waals surface area contributed by atoms with Gasteiger partial charge in [-0.2, -0.15) is 9.47 Å². The predicted octanol–water partition coefficient (Wildman–Crippen LogP) is 2.40. The zero-order valence-electron chi connectivity index (χ0n) is 14.9. The van der Waals surface area contributed by atoms with Gasteiger partial charge in [-0.3, -0.25) is 9.08 Å². The Kier molecular flexibility index (Phi) is 4.39. The molecule has 0 aliphatic carbocycles. The van der Waals surface area contributed by atoms with Gasteiger partial charge in [0.05, 0.1) is 29.5 Å². The van der Waals surface area contributed by atoms with E-state index in [9.17, 15) is 0 Å². The summed E-state index contributed by atoms with van der Waals surface area (Å²) in [6.07, 6.45) is 8.56. The molecule has 8 nitrogen and oxygen atoms in total. The van der Waals surface area contributed by atoms with Gasteiger partial charge in [0.2, 0.25) is 0 Å². The van der Waals surface area contributed by atoms with Crippen molar-refractivity contribution in [3.05, 3.63) is 42.2 Å². The molecule has 134 valence electrons. The number of imidazole rings is 1. The molecule has 0 amide bonds. The molecule has 4 heterocycles. The van der Waals surface area contributed by atoms with Gasteiger partial charge in [-0.25, -0.2) is 9.97 Å². The number of hydrogen-bond acceptors (Lipinski definition) is 7. The van der Waals surface area contributed by atoms with Crippen LogP contribution < -0.4 is 10.6 Å². The Morgan fingerprint density at radius 2 is 2.12 bits per heavy atom. The minimum absolute atomic E-state index is 0.734. The van der Waals surface area contributed by atoms with E-state index in [0.717, 1.165) is 52.1 Å². The van der Waals surface area contributed by atoms with Gasteiger partial charge >= 0.3 is 0 Å². The van der Waals surface area contributed by atoms with Crippen molar-refractivity contribution in [3.63, 3.8) is 0 Å². The number of nitrogens with one attached hydrogen (secondary N) is 2. The van der Waals surface area contributed by atoms with Crippen molar-refractivity contribution in [2.45, 2.75) is 13.3 Å². The van der Waals surface area contributed by atoms with Gasteiger partial charge in [-0.1, -0.05) is 0 Å². The fourth-order valence-corrected chi connectivity index (χ4v) is 3.46. The molecule has 0 atom stereocenters. The predicted molar refractivity (Wildman–Crippen MR) is 103 cm³/mol. The summed E-state index contributed by atoms with van der Waals surface area (Å²) in [4.78, 5) is 9.38. The van der Waals surface area contributed by atoms with E-state index in [1.807, 2.05) is 51.9 Å². The van der Waals surface area contributed by atoms with Crippen LogP contribution in [0.5, 0.6) is 0 Å². The molecule has 0 radical (unpaired) electrons. The van der Waals surface area contributed by atoms with Gasteiger partial charge in [0, 0.05) is 38.0 Å². The van der Waals surface area contributed by atoms with Gasteiger partial charge in [-0.15, -0.1) is 0 Å². The number of anilines is 2. The summed E-state index contributed by atoms with van der Waals surface area (Å²) in [7, 11) is 3.85. The second-order valence-electron chi connectivity index (χ2n) is 6.13. The van der Waals surface area contributed by atoms with Crippen molar-refractivity contribution in [2.24, 2.45) is 7.05 Å². The lowest BCUT2D eigenvalue weighted by atomic mass is 10.2. The Labute approximate surface area is 155 Å². The van der Waals surface area contributed by atoms with Crippen LogP contribution in [-0.2, 0) is 13.5 Å². The lowest BCUT2D eigenvalue weighted by Crippen LogP contribution is -2.12. The quantitative estimate of drug-likeness (QED) is 0.544. The molecule has 0 bridgehead atoms. The van der Waals surface area contributed by atoms with Crippen molar-refractivity contribution in [3.8, 4) is 11.3 Å². The Morgan fingerprint density at radius 3 is 2.81 bits per heavy atom. The fraction of sp³-hybridized carbons (Fsp3) is 0.294. The maximum atomic E-state index is 4.78. The highest BCUT2D eigenvalue weighted by molar-refractivity contribution is 7.10. The molecule has 4 aromatic heterocycles. The van der Waals surface area contributed by atoms with Gasteiger partial charge in [0.1, 0.15) is 5.00 Å². The first-order valence-corrected chi connectivity index (χ1v) is 9.12. The minimum atomic E-state index is 0.734. The number of nitrogens with zero attached hydrogens (tertiary/aromatic N) is 6. The third kappa shape index (κ3) is 3.18. The maximum Gasteiger partial charge on any atom is 0.180 e. The smallest absolute Gasteiger partial charge is 0.180 e. The highest BCUT2D eigenvalue weighted by Crippen LogP contribution is 2.27. The molecule has 0 aromatic carbocycles. The number of fused-ring (bicyclic) bond motifs is 1. The lowest BCUT2D eigenvalue weighted by molar-refractivity contribution is 0.768. The summed E-state index contributed by atoms with van der Waals surface area (Å²) in [5, 5.41) is 11.8. The zero-order valence-corrected chi connectivity index (χ0v) is 15.7. The molecule has 0 aliphatic rings. The fourth-order valence-electron chi connectivity index (χ4n) is 2.80. The summed E-state index contributed by atoms with van der Waals surface area (Å²) in [6, 6.07) is 2.01. The van der Waals surface area contributed by atoms with Gasteiger partial charge in [0.15, 0.2) is 11.5 Å². The highest BCUT2D eigenvalue weighted by atomic mass is 32.1. The third-order valence-electron chi connectivity index (χ3n) is 4.04. The highest BCUT2D eigenvalue weighted by Gasteiger charge is 2.14. The molecule has 0 fully saturated rings. The molecule has 26 heavy (non-hydrogen) atoms. The molecule has 2 N–H and O–H groups in total. The van der Waals surface area contributed by atoms with Crippen LogP contribution in [0.25, 0.3) is 16.9 Å². The molecule has 0 saturated heterocycles. The monoisotopic (exact) mass is 368 g/mol. The standard InChI is InChI=1S/C17H20N8S/c1-11-6-15(26-23-11)22-16-17-19-8-14(12-7-20-24(3)9-12)25(17)10-13(21-16)4-5-18-2/h6-10,18H,4-5H2,1-3H3,(H,21,22). The van der Waals surface area contributed by atoms with Crippen LogP contribution in [-0.4, -0.2) is 42.1 Å². The number of hydrogen-bond donors (Lipinski definition) is 2. The number of aromatic nitrogens is 6. The first kappa shape index (κ1) is 16.7. The van der Waals surface area contributed by atoms with Crippen molar-refractivity contribution in [1.82, 2.24) is 33.8 Å². The van der Waals surface area contributed by atoms with Crippen molar-refractivity contribution < 1.29 is 0 Å². The average Bonchev–Trinajstić information content (AvgIpc) is 3.33. The SMILES string of the molecule is CNCCc1cn2c(-c3cnn(C)c3)cnc2c(Nc2cc(C)ns2)n1. The first-order valence-electron chi connectivity index (χ1n) is 8.35.